The Kier molecular flexibility index (Phi) is 2.30. The van der Waals surface area contributed by atoms with Gasteiger partial charge in [0.05, 0.1) is 0 Å². The standard InChI is InChI=1S/C8H15NO/c1-3-9-8(10)7-4-6(2)5-7/h6-7H,3-5H2,1-2H3,(H,9,10). The van der Waals surface area contributed by atoms with Crippen LogP contribution in [0.15, 0.2) is 0 Å². The van der Waals surface area contributed by atoms with Gasteiger partial charge in [-0.05, 0) is 25.7 Å². The molecule has 0 unspecified atom stereocenters. The zero-order chi connectivity index (χ0) is 7.56. The average molecular weight is 141 g/mol. The number of amides is 1. The molecule has 1 saturated carbocycles. The lowest BCUT2D eigenvalue weighted by Gasteiger charge is -2.31. The van der Waals surface area contributed by atoms with Gasteiger partial charge in [-0.25, -0.2) is 0 Å². The molecule has 1 aliphatic rings. The Hall–Kier alpha value is -0.530. The maximum absolute atomic E-state index is 11.1. The third-order valence-electron chi connectivity index (χ3n) is 2.10. The van der Waals surface area contributed by atoms with Crippen molar-refractivity contribution in [3.8, 4) is 0 Å². The van der Waals surface area contributed by atoms with Crippen LogP contribution >= 0.6 is 0 Å². The highest BCUT2D eigenvalue weighted by molar-refractivity contribution is 5.79. The Bertz CT molecular complexity index is 127. The summed E-state index contributed by atoms with van der Waals surface area (Å²) >= 11 is 0. The van der Waals surface area contributed by atoms with Crippen molar-refractivity contribution < 1.29 is 4.79 Å². The number of carbonyl (C=O) groups is 1. The fourth-order valence-electron chi connectivity index (χ4n) is 1.44. The molecule has 58 valence electrons. The van der Waals surface area contributed by atoms with Gasteiger partial charge in [0.1, 0.15) is 0 Å². The molecule has 1 aliphatic carbocycles. The SMILES string of the molecule is CCNC(=O)C1CC(C)C1. The van der Waals surface area contributed by atoms with E-state index in [1.54, 1.807) is 0 Å². The maximum atomic E-state index is 11.1. The van der Waals surface area contributed by atoms with Crippen molar-refractivity contribution in [2.24, 2.45) is 11.8 Å². The largest absolute Gasteiger partial charge is 0.356 e. The molecule has 0 atom stereocenters. The van der Waals surface area contributed by atoms with E-state index in [9.17, 15) is 4.79 Å². The van der Waals surface area contributed by atoms with Crippen molar-refractivity contribution in [2.45, 2.75) is 26.7 Å². The third kappa shape index (κ3) is 1.49. The Morgan fingerprint density at radius 3 is 2.60 bits per heavy atom. The first kappa shape index (κ1) is 7.58. The van der Waals surface area contributed by atoms with Crippen molar-refractivity contribution in [1.29, 1.82) is 0 Å². The van der Waals surface area contributed by atoms with Gasteiger partial charge in [0.25, 0.3) is 0 Å². The minimum atomic E-state index is 0.251. The summed E-state index contributed by atoms with van der Waals surface area (Å²) in [5, 5.41) is 2.83. The lowest BCUT2D eigenvalue weighted by atomic mass is 9.76. The predicted octanol–water partition coefficient (Wildman–Crippen LogP) is 1.17. The number of rotatable bonds is 2. The van der Waals surface area contributed by atoms with Crippen LogP contribution in [0, 0.1) is 11.8 Å². The fraction of sp³-hybridized carbons (Fsp3) is 0.875. The lowest BCUT2D eigenvalue weighted by molar-refractivity contribution is -0.128. The van der Waals surface area contributed by atoms with E-state index < -0.39 is 0 Å². The van der Waals surface area contributed by atoms with E-state index in [2.05, 4.69) is 12.2 Å². The summed E-state index contributed by atoms with van der Waals surface area (Å²) in [6, 6.07) is 0. The fourth-order valence-corrected chi connectivity index (χ4v) is 1.44. The van der Waals surface area contributed by atoms with E-state index in [1.165, 1.54) is 0 Å². The van der Waals surface area contributed by atoms with Gasteiger partial charge in [0, 0.05) is 12.5 Å². The molecular weight excluding hydrogens is 126 g/mol. The van der Waals surface area contributed by atoms with E-state index in [-0.39, 0.29) is 5.91 Å². The third-order valence-corrected chi connectivity index (χ3v) is 2.10. The van der Waals surface area contributed by atoms with Crippen LogP contribution in [-0.4, -0.2) is 12.5 Å². The molecule has 1 rings (SSSR count). The number of nitrogens with one attached hydrogen (secondary N) is 1. The molecule has 0 saturated heterocycles. The summed E-state index contributed by atoms with van der Waals surface area (Å²) in [6.45, 7) is 4.92. The molecule has 0 radical (unpaired) electrons. The maximum Gasteiger partial charge on any atom is 0.223 e. The summed E-state index contributed by atoms with van der Waals surface area (Å²) in [7, 11) is 0. The summed E-state index contributed by atoms with van der Waals surface area (Å²) in [5.41, 5.74) is 0. The summed E-state index contributed by atoms with van der Waals surface area (Å²) in [6.07, 6.45) is 2.18. The van der Waals surface area contributed by atoms with Crippen molar-refractivity contribution in [3.63, 3.8) is 0 Å². The van der Waals surface area contributed by atoms with Gasteiger partial charge in [-0.15, -0.1) is 0 Å². The molecule has 0 heterocycles. The zero-order valence-electron chi connectivity index (χ0n) is 6.68. The van der Waals surface area contributed by atoms with Gasteiger partial charge in [-0.3, -0.25) is 4.79 Å². The second-order valence-corrected chi connectivity index (χ2v) is 3.17. The first-order chi connectivity index (χ1) is 4.74. The Balaban J connectivity index is 2.18. The molecule has 0 bridgehead atoms. The molecule has 0 aromatic heterocycles. The highest BCUT2D eigenvalue weighted by Crippen LogP contribution is 2.32. The summed E-state index contributed by atoms with van der Waals surface area (Å²) < 4.78 is 0. The minimum Gasteiger partial charge on any atom is -0.356 e. The molecule has 0 aromatic carbocycles. The van der Waals surface area contributed by atoms with Crippen molar-refractivity contribution in [3.05, 3.63) is 0 Å². The van der Waals surface area contributed by atoms with E-state index in [1.807, 2.05) is 6.92 Å². The molecular formula is C8H15NO. The first-order valence-corrected chi connectivity index (χ1v) is 4.01. The number of hydrogen-bond donors (Lipinski definition) is 1. The van der Waals surface area contributed by atoms with Crippen LogP contribution in [0.3, 0.4) is 0 Å². The van der Waals surface area contributed by atoms with Crippen LogP contribution in [0.1, 0.15) is 26.7 Å². The lowest BCUT2D eigenvalue weighted by Crippen LogP contribution is -2.37. The Morgan fingerprint density at radius 2 is 2.20 bits per heavy atom. The molecule has 0 aromatic rings. The Labute approximate surface area is 62.0 Å². The average Bonchev–Trinajstić information content (AvgIpc) is 1.82. The molecule has 1 fully saturated rings. The Morgan fingerprint density at radius 1 is 1.60 bits per heavy atom. The van der Waals surface area contributed by atoms with Crippen molar-refractivity contribution >= 4 is 5.91 Å². The summed E-state index contributed by atoms with van der Waals surface area (Å²) in [4.78, 5) is 11.1. The quantitative estimate of drug-likeness (QED) is 0.614. The van der Waals surface area contributed by atoms with Crippen molar-refractivity contribution in [1.82, 2.24) is 5.32 Å². The normalized spacial score (nSPS) is 31.0. The first-order valence-electron chi connectivity index (χ1n) is 4.01. The van der Waals surface area contributed by atoms with Crippen LogP contribution in [0.5, 0.6) is 0 Å². The highest BCUT2D eigenvalue weighted by atomic mass is 16.1. The molecule has 2 nitrogen and oxygen atoms in total. The van der Waals surface area contributed by atoms with E-state index in [0.717, 1.165) is 25.3 Å². The van der Waals surface area contributed by atoms with Gasteiger partial charge >= 0.3 is 0 Å². The van der Waals surface area contributed by atoms with Crippen LogP contribution in [0.4, 0.5) is 0 Å². The van der Waals surface area contributed by atoms with Gasteiger partial charge in [-0.2, -0.15) is 0 Å². The second-order valence-electron chi connectivity index (χ2n) is 3.17. The highest BCUT2D eigenvalue weighted by Gasteiger charge is 2.30. The molecule has 1 amide bonds. The molecule has 10 heavy (non-hydrogen) atoms. The molecule has 1 N–H and O–H groups in total. The number of hydrogen-bond acceptors (Lipinski definition) is 1. The topological polar surface area (TPSA) is 29.1 Å². The van der Waals surface area contributed by atoms with Crippen LogP contribution in [0.25, 0.3) is 0 Å². The van der Waals surface area contributed by atoms with E-state index in [0.29, 0.717) is 5.92 Å². The van der Waals surface area contributed by atoms with Crippen LogP contribution in [-0.2, 0) is 4.79 Å². The van der Waals surface area contributed by atoms with Gasteiger partial charge in [0.2, 0.25) is 5.91 Å². The van der Waals surface area contributed by atoms with Crippen LogP contribution in [0.2, 0.25) is 0 Å². The monoisotopic (exact) mass is 141 g/mol. The van der Waals surface area contributed by atoms with E-state index in [4.69, 9.17) is 0 Å². The predicted molar refractivity (Wildman–Crippen MR) is 40.6 cm³/mol. The molecule has 0 aliphatic heterocycles. The van der Waals surface area contributed by atoms with E-state index >= 15 is 0 Å². The van der Waals surface area contributed by atoms with Gasteiger partial charge in [-0.1, -0.05) is 6.92 Å². The summed E-state index contributed by atoms with van der Waals surface area (Å²) in [5.74, 6) is 1.35. The second kappa shape index (κ2) is 3.04. The molecule has 0 spiro atoms. The number of carbonyl (C=O) groups excluding carboxylic acids is 1. The van der Waals surface area contributed by atoms with Crippen LogP contribution < -0.4 is 5.32 Å². The molecule has 2 heteroatoms. The van der Waals surface area contributed by atoms with Crippen molar-refractivity contribution in [2.75, 3.05) is 6.54 Å². The zero-order valence-corrected chi connectivity index (χ0v) is 6.68. The van der Waals surface area contributed by atoms with Gasteiger partial charge in [0.15, 0.2) is 0 Å². The minimum absolute atomic E-state index is 0.251. The smallest absolute Gasteiger partial charge is 0.223 e. The van der Waals surface area contributed by atoms with Gasteiger partial charge < -0.3 is 5.32 Å².